The number of guanidine groups is 1. The van der Waals surface area contributed by atoms with Gasteiger partial charge in [0, 0.05) is 61.9 Å². The number of rotatable bonds is 15. The van der Waals surface area contributed by atoms with Crippen molar-refractivity contribution >= 4 is 17.4 Å². The molecule has 0 saturated heterocycles. The minimum atomic E-state index is -0.987. The molecule has 5 fully saturated rings. The number of fused-ring (bicyclic) bond motifs is 10. The number of phenols is 1. The summed E-state index contributed by atoms with van der Waals surface area (Å²) in [6.07, 6.45) is 29.3. The monoisotopic (exact) mass is 1070 g/mol. The van der Waals surface area contributed by atoms with Crippen LogP contribution in [0.25, 0.3) is 0 Å². The first-order chi connectivity index (χ1) is 38.0. The van der Waals surface area contributed by atoms with Gasteiger partial charge in [-0.15, -0.1) is 0 Å². The minimum absolute atomic E-state index is 0.00147. The Hall–Kier alpha value is -5.02. The van der Waals surface area contributed by atoms with Gasteiger partial charge in [0.05, 0.1) is 19.4 Å². The normalized spacial score (nSPS) is 34.8. The molecule has 2 aromatic carbocycles. The van der Waals surface area contributed by atoms with Gasteiger partial charge in [-0.2, -0.15) is 0 Å². The number of carbonyl (C=O) groups excluding carboxylic acids is 1. The van der Waals surface area contributed by atoms with Gasteiger partial charge in [-0.05, 0) is 192 Å². The number of ketones is 1. The lowest BCUT2D eigenvalue weighted by atomic mass is 9.46. The molecule has 13 atom stereocenters. The molecule has 0 aromatic heterocycles. The number of anilines is 1. The summed E-state index contributed by atoms with van der Waals surface area (Å²) in [6.45, 7) is 3.28. The second-order valence-corrected chi connectivity index (χ2v) is 24.7. The van der Waals surface area contributed by atoms with E-state index < -0.39 is 22.7 Å². The summed E-state index contributed by atoms with van der Waals surface area (Å²) in [4.78, 5) is 20.6. The van der Waals surface area contributed by atoms with Crippen LogP contribution in [0.15, 0.2) is 59.6 Å². The minimum Gasteiger partial charge on any atom is -0.504 e. The quantitative estimate of drug-likeness (QED) is 0.0389. The van der Waals surface area contributed by atoms with E-state index in [0.29, 0.717) is 79.4 Å². The molecular weight excluding hydrogens is 981 g/mol. The highest BCUT2D eigenvalue weighted by molar-refractivity contribution is 5.97. The molecular formula is C65H88N4O9. The van der Waals surface area contributed by atoms with Crippen LogP contribution >= 0.6 is 0 Å². The van der Waals surface area contributed by atoms with Gasteiger partial charge >= 0.3 is 0 Å². The standard InChI is InChI=1S/C65H88N4O9/c1-5-43-18-20-48-49(16-12-30-70)51-17-10-27-65(51)47-37-54(60-57(38-47)78-63(42-66-2)40-45(36-59(74)76-32-13-31-71)53(41-63)62(28-33-77-60)24-7-6-8-25-62)69-61(67-3)68-29-11-15-46-14-9-26-64(46,58(73)23-21-52(65)50(48)34-43)39-44-19-22-55(72)56(35-44)75-4/h18-23,35,37-38,43,45-46,48-53,59,66,70-72,74H,5-10,12-17,24-27,30-32,34,36,39-42H2,1-4H3,(H2,67,68,69)/b23-21+/t43-,45+,46+,48+,49-,50-,51+,52+,53+,59+,63+,64-,65-/m0/s1. The fourth-order valence-electron chi connectivity index (χ4n) is 17.3. The van der Waals surface area contributed by atoms with Gasteiger partial charge in [0.25, 0.3) is 0 Å². The highest BCUT2D eigenvalue weighted by Gasteiger charge is 2.61. The summed E-state index contributed by atoms with van der Waals surface area (Å²) in [5.74, 6) is 11.0. The SMILES string of the molecule is CC[C@H]1C=C[C@H]2[C@H](C1)[C@H]1/C=C/C(=O)[C@]3(Cc4ccc(O)c(OC)c4)CCC[C@@H]3CC#CNC(=NC)Nc3cc(cc4c3OC#CC3(CCCCC3)[C@@H]3C[C@@](CNC)(C[C@H]3C[C@H](O)OCCCO)O4)[C@]13CCC[C@@H]3[C@H]2CCCO. The van der Waals surface area contributed by atoms with E-state index in [1.165, 1.54) is 0 Å². The van der Waals surface area contributed by atoms with Crippen LogP contribution in [0, 0.1) is 88.1 Å². The molecule has 4 bridgehead atoms. The lowest BCUT2D eigenvalue weighted by Gasteiger charge is -2.58. The highest BCUT2D eigenvalue weighted by atomic mass is 16.6. The van der Waals surface area contributed by atoms with Crippen molar-refractivity contribution in [3.63, 3.8) is 0 Å². The lowest BCUT2D eigenvalue weighted by Crippen LogP contribution is -2.54. The average Bonchev–Trinajstić information content (AvgIpc) is 4.31. The summed E-state index contributed by atoms with van der Waals surface area (Å²) in [5, 5.41) is 52.8. The van der Waals surface area contributed by atoms with Crippen molar-refractivity contribution in [2.75, 3.05) is 52.9 Å². The number of allylic oxidation sites excluding steroid dienone is 4. The number of methoxy groups -OCH3 is 1. The van der Waals surface area contributed by atoms with E-state index in [9.17, 15) is 20.4 Å². The Bertz CT molecular complexity index is 2680. The van der Waals surface area contributed by atoms with Crippen molar-refractivity contribution in [2.45, 2.75) is 159 Å². The number of likely N-dealkylation sites (N-methyl/N-ethyl adjacent to an activating group) is 1. The first-order valence-electron chi connectivity index (χ1n) is 29.9. The smallest absolute Gasteiger partial charge is 0.207 e. The number of aliphatic imine (C=N–C) groups is 1. The zero-order valence-electron chi connectivity index (χ0n) is 46.9. The number of phenolic OH excluding ortho intramolecular Hbond substituents is 1. The Morgan fingerprint density at radius 1 is 0.974 bits per heavy atom. The zero-order valence-corrected chi connectivity index (χ0v) is 46.9. The first kappa shape index (κ1) is 56.3. The number of carbonyl (C=O) groups is 1. The van der Waals surface area contributed by atoms with Gasteiger partial charge < -0.3 is 50.0 Å². The largest absolute Gasteiger partial charge is 0.504 e. The van der Waals surface area contributed by atoms with Crippen molar-refractivity contribution in [3.8, 4) is 47.0 Å². The summed E-state index contributed by atoms with van der Waals surface area (Å²) in [6, 6.07) is 13.3. The number of hydrogen-bond acceptors (Lipinski definition) is 11. The number of benzene rings is 2. The first-order valence-corrected chi connectivity index (χ1v) is 29.9. The second kappa shape index (κ2) is 24.4. The molecule has 8 aliphatic rings. The van der Waals surface area contributed by atoms with Crippen LogP contribution in [0.4, 0.5) is 5.69 Å². The van der Waals surface area contributed by atoms with E-state index in [1.54, 1.807) is 20.2 Å². The van der Waals surface area contributed by atoms with Crippen LogP contribution < -0.4 is 30.2 Å². The van der Waals surface area contributed by atoms with Gasteiger partial charge in [-0.1, -0.05) is 75.2 Å². The highest BCUT2D eigenvalue weighted by Crippen LogP contribution is 2.67. The molecule has 10 rings (SSSR count). The summed E-state index contributed by atoms with van der Waals surface area (Å²) in [7, 11) is 5.30. The maximum absolute atomic E-state index is 15.8. The average molecular weight is 1070 g/mol. The Balaban J connectivity index is 1.17. The van der Waals surface area contributed by atoms with Crippen LogP contribution in [0.5, 0.6) is 23.0 Å². The lowest BCUT2D eigenvalue weighted by molar-refractivity contribution is -0.125. The molecule has 7 N–H and O–H groups in total. The zero-order chi connectivity index (χ0) is 54.5. The molecule has 2 spiro atoms. The molecule has 2 aromatic rings. The van der Waals surface area contributed by atoms with Crippen LogP contribution in [0.1, 0.15) is 146 Å². The molecule has 2 aliphatic heterocycles. The Morgan fingerprint density at radius 3 is 2.59 bits per heavy atom. The molecule has 6 aliphatic carbocycles. The van der Waals surface area contributed by atoms with Crippen LogP contribution in [-0.4, -0.2) is 91.6 Å². The molecule has 5 saturated carbocycles. The Morgan fingerprint density at radius 2 is 1.81 bits per heavy atom. The molecule has 13 nitrogen and oxygen atoms in total. The van der Waals surface area contributed by atoms with E-state index in [4.69, 9.17) is 23.9 Å². The molecule has 0 radical (unpaired) electrons. The second-order valence-electron chi connectivity index (χ2n) is 24.7. The third-order valence-electron chi connectivity index (χ3n) is 20.7. The van der Waals surface area contributed by atoms with E-state index in [1.807, 2.05) is 25.3 Å². The number of ether oxygens (including phenoxy) is 4. The van der Waals surface area contributed by atoms with Crippen LogP contribution in [-0.2, 0) is 21.4 Å². The summed E-state index contributed by atoms with van der Waals surface area (Å²) < 4.78 is 26.2. The van der Waals surface area contributed by atoms with Gasteiger partial charge in [-0.25, -0.2) is 0 Å². The fourth-order valence-corrected chi connectivity index (χ4v) is 17.3. The molecule has 78 heavy (non-hydrogen) atoms. The van der Waals surface area contributed by atoms with Gasteiger partial charge in [0.15, 0.2) is 29.3 Å². The maximum atomic E-state index is 15.8. The molecule has 0 unspecified atom stereocenters. The van der Waals surface area contributed by atoms with Gasteiger partial charge in [0.1, 0.15) is 11.7 Å². The molecule has 13 heteroatoms. The van der Waals surface area contributed by atoms with E-state index in [0.717, 1.165) is 114 Å². The molecule has 0 amide bonds. The summed E-state index contributed by atoms with van der Waals surface area (Å²) in [5.41, 5.74) is 0.557. The van der Waals surface area contributed by atoms with Crippen molar-refractivity contribution in [3.05, 3.63) is 65.8 Å². The van der Waals surface area contributed by atoms with E-state index >= 15 is 4.79 Å². The number of hydrogen-bond donors (Lipinski definition) is 7. The predicted octanol–water partition coefficient (Wildman–Crippen LogP) is 9.96. The number of aliphatic hydroxyl groups excluding tert-OH is 3. The third-order valence-corrected chi connectivity index (χ3v) is 20.7. The number of aliphatic hydroxyl groups is 3. The van der Waals surface area contributed by atoms with Crippen LogP contribution in [0.2, 0.25) is 0 Å². The van der Waals surface area contributed by atoms with Crippen molar-refractivity contribution in [1.29, 1.82) is 0 Å². The topological polar surface area (TPSA) is 183 Å². The predicted molar refractivity (Wildman–Crippen MR) is 304 cm³/mol. The van der Waals surface area contributed by atoms with E-state index in [2.05, 4.69) is 77.2 Å². The van der Waals surface area contributed by atoms with Crippen molar-refractivity contribution in [1.82, 2.24) is 10.6 Å². The maximum Gasteiger partial charge on any atom is 0.207 e. The fraction of sp³-hybridized carbons (Fsp3) is 0.662. The Labute approximate surface area is 464 Å². The third kappa shape index (κ3) is 10.9. The van der Waals surface area contributed by atoms with Crippen LogP contribution in [0.3, 0.4) is 0 Å². The number of aromatic hydroxyl groups is 1. The molecule has 2 heterocycles. The van der Waals surface area contributed by atoms with Gasteiger partial charge in [-0.3, -0.25) is 15.1 Å². The molecule has 422 valence electrons. The number of nitrogens with zero attached hydrogens (tertiary/aromatic N) is 1. The van der Waals surface area contributed by atoms with Crippen molar-refractivity contribution in [2.24, 2.45) is 69.1 Å². The Kier molecular flexibility index (Phi) is 17.6. The summed E-state index contributed by atoms with van der Waals surface area (Å²) >= 11 is 0. The van der Waals surface area contributed by atoms with Gasteiger partial charge in [0.2, 0.25) is 11.7 Å². The van der Waals surface area contributed by atoms with E-state index in [-0.39, 0.29) is 78.2 Å². The van der Waals surface area contributed by atoms with Crippen molar-refractivity contribution < 1.29 is 44.2 Å². The number of nitrogens with one attached hydrogen (secondary N) is 3.